The zero-order valence-electron chi connectivity index (χ0n) is 11.6. The van der Waals surface area contributed by atoms with Crippen LogP contribution in [0.25, 0.3) is 0 Å². The van der Waals surface area contributed by atoms with Crippen molar-refractivity contribution in [1.29, 1.82) is 0 Å². The van der Waals surface area contributed by atoms with Gasteiger partial charge in [0.25, 0.3) is 5.91 Å². The van der Waals surface area contributed by atoms with Crippen molar-refractivity contribution in [1.82, 2.24) is 9.78 Å². The molecule has 0 saturated carbocycles. The molecule has 0 saturated heterocycles. The van der Waals surface area contributed by atoms with Gasteiger partial charge in [0.1, 0.15) is 5.69 Å². The van der Waals surface area contributed by atoms with Crippen molar-refractivity contribution in [3.63, 3.8) is 0 Å². The van der Waals surface area contributed by atoms with Gasteiger partial charge in [0.15, 0.2) is 11.5 Å². The monoisotopic (exact) mass is 375 g/mol. The molecule has 2 aromatic rings. The molecule has 1 aromatic carbocycles. The molecule has 9 heteroatoms. The zero-order chi connectivity index (χ0) is 16.3. The molecule has 0 unspecified atom stereocenters. The van der Waals surface area contributed by atoms with E-state index in [1.807, 2.05) is 0 Å². The van der Waals surface area contributed by atoms with Crippen molar-refractivity contribution in [3.05, 3.63) is 34.6 Å². The number of halogens is 3. The number of nitrogens with one attached hydrogen (secondary N) is 1. The Morgan fingerprint density at radius 2 is 2.14 bits per heavy atom. The van der Waals surface area contributed by atoms with Crippen LogP contribution in [0.4, 0.5) is 14.5 Å². The van der Waals surface area contributed by atoms with E-state index in [1.54, 1.807) is 7.05 Å². The van der Waals surface area contributed by atoms with Gasteiger partial charge < -0.3 is 14.8 Å². The summed E-state index contributed by atoms with van der Waals surface area (Å²) >= 11 is 3.23. The van der Waals surface area contributed by atoms with E-state index in [4.69, 9.17) is 4.74 Å². The lowest BCUT2D eigenvalue weighted by Gasteiger charge is -2.12. The maximum absolute atomic E-state index is 12.3. The van der Waals surface area contributed by atoms with Crippen molar-refractivity contribution in [3.8, 4) is 11.5 Å². The summed E-state index contributed by atoms with van der Waals surface area (Å²) in [6, 6.07) is 4.11. The molecule has 0 fully saturated rings. The Morgan fingerprint density at radius 3 is 2.68 bits per heavy atom. The van der Waals surface area contributed by atoms with Crippen LogP contribution in [-0.2, 0) is 7.05 Å². The Labute approximate surface area is 133 Å². The highest BCUT2D eigenvalue weighted by molar-refractivity contribution is 9.10. The maximum Gasteiger partial charge on any atom is 0.387 e. The van der Waals surface area contributed by atoms with E-state index >= 15 is 0 Å². The predicted molar refractivity (Wildman–Crippen MR) is 78.5 cm³/mol. The zero-order valence-corrected chi connectivity index (χ0v) is 13.2. The number of aromatic nitrogens is 2. The third-order valence-corrected chi connectivity index (χ3v) is 3.33. The first-order chi connectivity index (χ1) is 10.4. The van der Waals surface area contributed by atoms with E-state index in [1.165, 1.54) is 36.2 Å². The van der Waals surface area contributed by atoms with Gasteiger partial charge in [-0.05, 0) is 28.1 Å². The number of alkyl halides is 2. The number of methoxy groups -OCH3 is 1. The Kier molecular flexibility index (Phi) is 4.96. The highest BCUT2D eigenvalue weighted by Crippen LogP contribution is 2.31. The normalized spacial score (nSPS) is 10.6. The molecule has 0 atom stereocenters. The van der Waals surface area contributed by atoms with Gasteiger partial charge in [-0.3, -0.25) is 9.48 Å². The summed E-state index contributed by atoms with van der Waals surface area (Å²) in [6.07, 6.45) is 1.50. The molecule has 1 aromatic heterocycles. The van der Waals surface area contributed by atoms with Crippen molar-refractivity contribution >= 4 is 27.5 Å². The summed E-state index contributed by atoms with van der Waals surface area (Å²) in [4.78, 5) is 12.2. The number of nitrogens with zero attached hydrogens (tertiary/aromatic N) is 2. The number of aryl methyl sites for hydroxylation is 1. The minimum atomic E-state index is -2.96. The summed E-state index contributed by atoms with van der Waals surface area (Å²) in [5.74, 6) is -0.434. The van der Waals surface area contributed by atoms with Gasteiger partial charge in [0, 0.05) is 18.8 Å². The molecule has 2 rings (SSSR count). The Morgan fingerprint density at radius 1 is 1.41 bits per heavy atom. The molecule has 22 heavy (non-hydrogen) atoms. The molecule has 0 spiro atoms. The smallest absolute Gasteiger partial charge is 0.387 e. The molecule has 118 valence electrons. The van der Waals surface area contributed by atoms with Gasteiger partial charge in [-0.2, -0.15) is 13.9 Å². The lowest BCUT2D eigenvalue weighted by Crippen LogP contribution is -2.16. The number of carbonyl (C=O) groups is 1. The highest BCUT2D eigenvalue weighted by Gasteiger charge is 2.17. The Bertz CT molecular complexity index is 672. The predicted octanol–water partition coefficient (Wildman–Crippen LogP) is 3.04. The third-order valence-electron chi connectivity index (χ3n) is 2.75. The fourth-order valence-electron chi connectivity index (χ4n) is 1.80. The molecule has 6 nitrogen and oxygen atoms in total. The molecule has 0 aliphatic heterocycles. The fraction of sp³-hybridized carbons (Fsp3) is 0.231. The Balaban J connectivity index is 2.21. The second kappa shape index (κ2) is 6.73. The van der Waals surface area contributed by atoms with Crippen LogP contribution in [0.1, 0.15) is 10.5 Å². The first kappa shape index (κ1) is 16.2. The molecule has 0 aliphatic carbocycles. The number of amides is 1. The van der Waals surface area contributed by atoms with E-state index in [0.717, 1.165) is 0 Å². The summed E-state index contributed by atoms with van der Waals surface area (Å²) in [6.45, 7) is -2.96. The second-order valence-electron chi connectivity index (χ2n) is 4.16. The van der Waals surface area contributed by atoms with Crippen molar-refractivity contribution in [2.24, 2.45) is 7.05 Å². The van der Waals surface area contributed by atoms with Crippen LogP contribution in [0.3, 0.4) is 0 Å². The van der Waals surface area contributed by atoms with E-state index in [0.29, 0.717) is 15.9 Å². The van der Waals surface area contributed by atoms with Crippen LogP contribution < -0.4 is 14.8 Å². The molecule has 0 radical (unpaired) electrons. The van der Waals surface area contributed by atoms with Crippen LogP contribution in [0.15, 0.2) is 28.9 Å². The average Bonchev–Trinajstić information content (AvgIpc) is 2.79. The molecular formula is C13H12BrF2N3O3. The van der Waals surface area contributed by atoms with Crippen molar-refractivity contribution < 1.29 is 23.0 Å². The maximum atomic E-state index is 12.3. The van der Waals surface area contributed by atoms with Crippen molar-refractivity contribution in [2.45, 2.75) is 6.61 Å². The van der Waals surface area contributed by atoms with E-state index in [-0.39, 0.29) is 11.5 Å². The fourth-order valence-corrected chi connectivity index (χ4v) is 2.32. The van der Waals surface area contributed by atoms with Gasteiger partial charge in [-0.15, -0.1) is 0 Å². The molecule has 0 aliphatic rings. The van der Waals surface area contributed by atoms with E-state index < -0.39 is 12.5 Å². The van der Waals surface area contributed by atoms with Crippen LogP contribution in [0, 0.1) is 0 Å². The minimum Gasteiger partial charge on any atom is -0.493 e. The molecule has 1 amide bonds. The number of hydrogen-bond acceptors (Lipinski definition) is 4. The number of anilines is 1. The van der Waals surface area contributed by atoms with Gasteiger partial charge in [-0.25, -0.2) is 0 Å². The van der Waals surface area contributed by atoms with Gasteiger partial charge in [0.2, 0.25) is 0 Å². The number of benzene rings is 1. The quantitative estimate of drug-likeness (QED) is 0.871. The summed E-state index contributed by atoms with van der Waals surface area (Å²) < 4.78 is 35.8. The highest BCUT2D eigenvalue weighted by atomic mass is 79.9. The number of rotatable bonds is 5. The van der Waals surface area contributed by atoms with Gasteiger partial charge >= 0.3 is 6.61 Å². The molecule has 1 heterocycles. The lowest BCUT2D eigenvalue weighted by atomic mass is 10.2. The summed E-state index contributed by atoms with van der Waals surface area (Å²) in [5, 5.41) is 6.57. The van der Waals surface area contributed by atoms with Crippen molar-refractivity contribution in [2.75, 3.05) is 12.4 Å². The Hall–Kier alpha value is -2.16. The first-order valence-electron chi connectivity index (χ1n) is 6.04. The minimum absolute atomic E-state index is 0.0853. The van der Waals surface area contributed by atoms with Crippen LogP contribution in [-0.4, -0.2) is 29.4 Å². The topological polar surface area (TPSA) is 65.4 Å². The van der Waals surface area contributed by atoms with Gasteiger partial charge in [0.05, 0.1) is 17.8 Å². The second-order valence-corrected chi connectivity index (χ2v) is 5.02. The third kappa shape index (κ3) is 3.53. The lowest BCUT2D eigenvalue weighted by molar-refractivity contribution is -0.0512. The average molecular weight is 376 g/mol. The van der Waals surface area contributed by atoms with Crippen LogP contribution >= 0.6 is 15.9 Å². The number of carbonyl (C=O) groups excluding carboxylic acids is 1. The summed E-state index contributed by atoms with van der Waals surface area (Å²) in [7, 11) is 2.94. The molecular weight excluding hydrogens is 364 g/mol. The summed E-state index contributed by atoms with van der Waals surface area (Å²) in [5.41, 5.74) is 0.698. The standard InChI is InChI=1S/C13H12BrF2N3O3/c1-19-11(8(14)6-17-19)12(20)18-7-3-4-9(22-13(15)16)10(5-7)21-2/h3-6,13H,1-2H3,(H,18,20). The van der Waals surface area contributed by atoms with Crippen LogP contribution in [0.5, 0.6) is 11.5 Å². The van der Waals surface area contributed by atoms with Crippen LogP contribution in [0.2, 0.25) is 0 Å². The number of ether oxygens (including phenoxy) is 2. The first-order valence-corrected chi connectivity index (χ1v) is 6.83. The molecule has 0 bridgehead atoms. The van der Waals surface area contributed by atoms with Gasteiger partial charge in [-0.1, -0.05) is 0 Å². The van der Waals surface area contributed by atoms with E-state index in [9.17, 15) is 13.6 Å². The van der Waals surface area contributed by atoms with E-state index in [2.05, 4.69) is 31.1 Å². The SMILES string of the molecule is COc1cc(NC(=O)c2c(Br)cnn2C)ccc1OC(F)F. The molecule has 1 N–H and O–H groups in total. The largest absolute Gasteiger partial charge is 0.493 e. The number of hydrogen-bond donors (Lipinski definition) is 1.